The Labute approximate surface area is 220 Å². The summed E-state index contributed by atoms with van der Waals surface area (Å²) in [7, 11) is 1.88. The molecule has 9 heteroatoms. The van der Waals surface area contributed by atoms with E-state index in [1.165, 1.54) is 27.8 Å². The van der Waals surface area contributed by atoms with E-state index < -0.39 is 0 Å². The van der Waals surface area contributed by atoms with Crippen molar-refractivity contribution in [3.05, 3.63) is 65.9 Å². The quantitative estimate of drug-likeness (QED) is 0.263. The third kappa shape index (κ3) is 5.46. The maximum Gasteiger partial charge on any atom is 0.239 e. The first kappa shape index (κ1) is 24.8. The second kappa shape index (κ2) is 9.89. The Morgan fingerprint density at radius 2 is 1.95 bits per heavy atom. The number of likely N-dealkylation sites (N-methyl/N-ethyl adjacent to an activating group) is 1. The van der Waals surface area contributed by atoms with Gasteiger partial charge in [-0.15, -0.1) is 5.10 Å². The van der Waals surface area contributed by atoms with Gasteiger partial charge in [-0.05, 0) is 51.8 Å². The number of imidazole rings is 1. The van der Waals surface area contributed by atoms with Crippen molar-refractivity contribution in [1.82, 2.24) is 24.9 Å². The first-order valence-corrected chi connectivity index (χ1v) is 13.3. The predicted octanol–water partition coefficient (Wildman–Crippen LogP) is 5.25. The number of hydrogen-bond donors (Lipinski definition) is 3. The van der Waals surface area contributed by atoms with Crippen LogP contribution in [-0.4, -0.2) is 51.2 Å². The maximum absolute atomic E-state index is 12.7. The standard InChI is InChI=1S/C28H33N7OS/c1-18-11-12-22-21(15-18)20(16-30-22)13-14-29-23(36)17-34(5)27-33-35-25(32-28(2,3)4)24(31-26(35)37-27)19-9-7-6-8-10-19/h6-12,15-16,30,32H,13-14,17H2,1-5H3,(H,29,36). The number of nitrogens with one attached hydrogen (secondary N) is 3. The Balaban J connectivity index is 1.27. The molecule has 2 aromatic carbocycles. The molecule has 0 aliphatic carbocycles. The second-order valence-electron chi connectivity index (χ2n) is 10.4. The van der Waals surface area contributed by atoms with Gasteiger partial charge in [0, 0.05) is 41.8 Å². The molecule has 0 bridgehead atoms. The number of nitrogens with zero attached hydrogens (tertiary/aromatic N) is 4. The lowest BCUT2D eigenvalue weighted by molar-refractivity contribution is -0.119. The number of amides is 1. The monoisotopic (exact) mass is 515 g/mol. The number of rotatable bonds is 8. The van der Waals surface area contributed by atoms with Crippen LogP contribution in [-0.2, 0) is 11.2 Å². The van der Waals surface area contributed by atoms with E-state index in [4.69, 9.17) is 10.1 Å². The minimum absolute atomic E-state index is 0.0376. The zero-order valence-electron chi connectivity index (χ0n) is 21.9. The minimum Gasteiger partial charge on any atom is -0.364 e. The van der Waals surface area contributed by atoms with Gasteiger partial charge in [0.05, 0.1) is 6.54 Å². The summed E-state index contributed by atoms with van der Waals surface area (Å²) in [6.07, 6.45) is 2.80. The molecule has 5 rings (SSSR count). The molecule has 3 aromatic heterocycles. The van der Waals surface area contributed by atoms with Crippen LogP contribution in [0.25, 0.3) is 27.1 Å². The highest BCUT2D eigenvalue weighted by molar-refractivity contribution is 7.20. The van der Waals surface area contributed by atoms with Crippen LogP contribution < -0.4 is 15.5 Å². The predicted molar refractivity (Wildman–Crippen MR) is 153 cm³/mol. The maximum atomic E-state index is 12.7. The van der Waals surface area contributed by atoms with Crippen molar-refractivity contribution in [2.24, 2.45) is 0 Å². The smallest absolute Gasteiger partial charge is 0.239 e. The molecule has 0 spiro atoms. The van der Waals surface area contributed by atoms with Gasteiger partial charge in [0.2, 0.25) is 16.0 Å². The summed E-state index contributed by atoms with van der Waals surface area (Å²) in [6, 6.07) is 16.5. The van der Waals surface area contributed by atoms with Crippen LogP contribution in [0, 0.1) is 6.92 Å². The number of H-pyrrole nitrogens is 1. The zero-order chi connectivity index (χ0) is 26.2. The number of aromatic amines is 1. The van der Waals surface area contributed by atoms with Gasteiger partial charge in [-0.25, -0.2) is 4.98 Å². The SMILES string of the molecule is Cc1ccc2[nH]cc(CCNC(=O)CN(C)c3nn4c(NC(C)(C)C)c(-c5ccccc5)nc4s3)c2c1. The molecular formula is C28H33N7OS. The van der Waals surface area contributed by atoms with Gasteiger partial charge in [-0.1, -0.05) is 53.3 Å². The third-order valence-corrected chi connectivity index (χ3v) is 7.10. The molecule has 1 amide bonds. The van der Waals surface area contributed by atoms with Crippen LogP contribution in [0.5, 0.6) is 0 Å². The van der Waals surface area contributed by atoms with Crippen LogP contribution in [0.15, 0.2) is 54.7 Å². The molecule has 0 saturated heterocycles. The van der Waals surface area contributed by atoms with E-state index in [9.17, 15) is 4.79 Å². The highest BCUT2D eigenvalue weighted by Crippen LogP contribution is 2.34. The number of benzene rings is 2. The Bertz CT molecular complexity index is 1540. The van der Waals surface area contributed by atoms with Crippen molar-refractivity contribution < 1.29 is 4.79 Å². The molecule has 0 aliphatic rings. The summed E-state index contributed by atoms with van der Waals surface area (Å²) < 4.78 is 1.85. The molecule has 0 unspecified atom stereocenters. The van der Waals surface area contributed by atoms with Gasteiger partial charge in [0.25, 0.3) is 0 Å². The van der Waals surface area contributed by atoms with E-state index in [2.05, 4.69) is 73.6 Å². The zero-order valence-corrected chi connectivity index (χ0v) is 22.7. The molecule has 0 atom stereocenters. The van der Waals surface area contributed by atoms with E-state index in [0.29, 0.717) is 6.54 Å². The van der Waals surface area contributed by atoms with Gasteiger partial charge in [0.1, 0.15) is 5.69 Å². The fourth-order valence-electron chi connectivity index (χ4n) is 4.33. The number of hydrogen-bond acceptors (Lipinski definition) is 6. The van der Waals surface area contributed by atoms with Gasteiger partial charge >= 0.3 is 0 Å². The number of aromatic nitrogens is 4. The Morgan fingerprint density at radius 3 is 2.70 bits per heavy atom. The molecule has 5 aromatic rings. The molecule has 0 radical (unpaired) electrons. The largest absolute Gasteiger partial charge is 0.364 e. The number of carbonyl (C=O) groups excluding carboxylic acids is 1. The van der Waals surface area contributed by atoms with Crippen molar-refractivity contribution in [3.63, 3.8) is 0 Å². The van der Waals surface area contributed by atoms with Gasteiger partial charge in [-0.3, -0.25) is 4.79 Å². The highest BCUT2D eigenvalue weighted by atomic mass is 32.1. The van der Waals surface area contributed by atoms with E-state index >= 15 is 0 Å². The van der Waals surface area contributed by atoms with Crippen LogP contribution in [0.3, 0.4) is 0 Å². The average molecular weight is 516 g/mol. The summed E-state index contributed by atoms with van der Waals surface area (Å²) in [6.45, 7) is 9.23. The van der Waals surface area contributed by atoms with E-state index in [0.717, 1.165) is 39.1 Å². The van der Waals surface area contributed by atoms with Gasteiger partial charge < -0.3 is 20.5 Å². The highest BCUT2D eigenvalue weighted by Gasteiger charge is 2.23. The first-order chi connectivity index (χ1) is 17.7. The van der Waals surface area contributed by atoms with Gasteiger partial charge in [0.15, 0.2) is 5.82 Å². The topological polar surface area (TPSA) is 90.4 Å². The van der Waals surface area contributed by atoms with E-state index in [-0.39, 0.29) is 18.0 Å². The van der Waals surface area contributed by atoms with Crippen molar-refractivity contribution in [1.29, 1.82) is 0 Å². The molecule has 192 valence electrons. The molecule has 37 heavy (non-hydrogen) atoms. The first-order valence-electron chi connectivity index (χ1n) is 12.5. The fraction of sp³-hybridized carbons (Fsp3) is 0.321. The fourth-order valence-corrected chi connectivity index (χ4v) is 5.19. The Kier molecular flexibility index (Phi) is 6.64. The van der Waals surface area contributed by atoms with Crippen LogP contribution >= 0.6 is 11.3 Å². The Hall–Kier alpha value is -3.85. The molecule has 0 saturated carbocycles. The molecule has 3 heterocycles. The number of aryl methyl sites for hydroxylation is 1. The molecule has 0 fully saturated rings. The summed E-state index contributed by atoms with van der Waals surface area (Å²) in [5.74, 6) is 0.812. The van der Waals surface area contributed by atoms with E-state index in [1.54, 1.807) is 0 Å². The molecular weight excluding hydrogens is 482 g/mol. The molecule has 3 N–H and O–H groups in total. The lowest BCUT2D eigenvalue weighted by Crippen LogP contribution is -2.36. The number of anilines is 2. The summed E-state index contributed by atoms with van der Waals surface area (Å²) >= 11 is 1.47. The Morgan fingerprint density at radius 1 is 1.16 bits per heavy atom. The van der Waals surface area contributed by atoms with Crippen molar-refractivity contribution in [2.45, 2.75) is 39.7 Å². The van der Waals surface area contributed by atoms with Crippen molar-refractivity contribution in [2.75, 3.05) is 30.4 Å². The molecule has 8 nitrogen and oxygen atoms in total. The average Bonchev–Trinajstić information content (AvgIpc) is 3.53. The van der Waals surface area contributed by atoms with Crippen molar-refractivity contribution in [3.8, 4) is 11.3 Å². The summed E-state index contributed by atoms with van der Waals surface area (Å²) in [5.41, 5.74) is 5.29. The lowest BCUT2D eigenvalue weighted by Gasteiger charge is -2.22. The van der Waals surface area contributed by atoms with E-state index in [1.807, 2.05) is 40.9 Å². The van der Waals surface area contributed by atoms with Gasteiger partial charge in [-0.2, -0.15) is 4.52 Å². The van der Waals surface area contributed by atoms with Crippen LogP contribution in [0.2, 0.25) is 0 Å². The van der Waals surface area contributed by atoms with Crippen molar-refractivity contribution >= 4 is 44.1 Å². The van der Waals surface area contributed by atoms with Crippen LogP contribution in [0.4, 0.5) is 10.9 Å². The molecule has 0 aliphatic heterocycles. The third-order valence-electron chi connectivity index (χ3n) is 6.08. The summed E-state index contributed by atoms with van der Waals surface area (Å²) in [4.78, 5) is 23.5. The normalized spacial score (nSPS) is 11.8. The summed E-state index contributed by atoms with van der Waals surface area (Å²) in [5, 5.41) is 13.4. The second-order valence-corrected chi connectivity index (χ2v) is 11.4. The lowest BCUT2D eigenvalue weighted by atomic mass is 10.1. The number of fused-ring (bicyclic) bond motifs is 2. The number of carbonyl (C=O) groups is 1. The van der Waals surface area contributed by atoms with Crippen LogP contribution in [0.1, 0.15) is 31.9 Å². The minimum atomic E-state index is -0.168.